The third kappa shape index (κ3) is 2.04. The minimum absolute atomic E-state index is 0.0288. The molecule has 1 N–H and O–H groups in total. The van der Waals surface area contributed by atoms with Crippen molar-refractivity contribution in [2.45, 2.75) is 57.7 Å². The molecule has 1 aliphatic carbocycles. The lowest BCUT2D eigenvalue weighted by Gasteiger charge is -2.58. The van der Waals surface area contributed by atoms with E-state index in [1.165, 1.54) is 43.6 Å². The van der Waals surface area contributed by atoms with Gasteiger partial charge in [-0.2, -0.15) is 11.8 Å². The average molecular weight is 255 g/mol. The fourth-order valence-electron chi connectivity index (χ4n) is 3.80. The molecule has 2 nitrogen and oxygen atoms in total. The number of hydrogen-bond acceptors (Lipinski definition) is 3. The molecule has 0 aromatic heterocycles. The predicted octanol–water partition coefficient (Wildman–Crippen LogP) is 3.02. The summed E-state index contributed by atoms with van der Waals surface area (Å²) < 4.78 is 6.32. The van der Waals surface area contributed by atoms with Crippen molar-refractivity contribution in [2.24, 2.45) is 11.3 Å². The van der Waals surface area contributed by atoms with Crippen LogP contribution in [0.1, 0.15) is 46.0 Å². The normalized spacial score (nSPS) is 35.1. The highest BCUT2D eigenvalue weighted by Gasteiger charge is 2.53. The lowest BCUT2D eigenvalue weighted by Crippen LogP contribution is -2.68. The van der Waals surface area contributed by atoms with E-state index in [-0.39, 0.29) is 5.72 Å². The van der Waals surface area contributed by atoms with Gasteiger partial charge in [0.15, 0.2) is 0 Å². The van der Waals surface area contributed by atoms with Crippen molar-refractivity contribution in [3.63, 3.8) is 0 Å². The zero-order valence-corrected chi connectivity index (χ0v) is 11.9. The van der Waals surface area contributed by atoms with Crippen molar-refractivity contribution >= 4 is 11.8 Å². The highest BCUT2D eigenvalue weighted by atomic mass is 32.2. The van der Waals surface area contributed by atoms with E-state index in [1.54, 1.807) is 0 Å². The predicted molar refractivity (Wildman–Crippen MR) is 73.3 cm³/mol. The zero-order valence-electron chi connectivity index (χ0n) is 11.1. The van der Waals surface area contributed by atoms with Gasteiger partial charge in [-0.15, -0.1) is 0 Å². The monoisotopic (exact) mass is 255 g/mol. The molecule has 98 valence electrons. The van der Waals surface area contributed by atoms with Crippen LogP contribution >= 0.6 is 11.8 Å². The maximum absolute atomic E-state index is 6.32. The maximum atomic E-state index is 6.32. The molecule has 2 spiro atoms. The molecule has 3 heteroatoms. The van der Waals surface area contributed by atoms with Crippen LogP contribution in [-0.4, -0.2) is 29.9 Å². The van der Waals surface area contributed by atoms with E-state index in [1.807, 2.05) is 0 Å². The molecule has 17 heavy (non-hydrogen) atoms. The molecule has 0 amide bonds. The summed E-state index contributed by atoms with van der Waals surface area (Å²) in [7, 11) is 0. The molecule has 0 aromatic carbocycles. The Balaban J connectivity index is 1.76. The van der Waals surface area contributed by atoms with Crippen LogP contribution in [0.15, 0.2) is 0 Å². The molecule has 3 fully saturated rings. The van der Waals surface area contributed by atoms with Crippen LogP contribution in [0.25, 0.3) is 0 Å². The fraction of sp³-hybridized carbons (Fsp3) is 1.00. The smallest absolute Gasteiger partial charge is 0.121 e. The molecule has 1 saturated carbocycles. The van der Waals surface area contributed by atoms with Gasteiger partial charge in [0.25, 0.3) is 0 Å². The molecule has 2 heterocycles. The van der Waals surface area contributed by atoms with Crippen molar-refractivity contribution in [1.82, 2.24) is 5.32 Å². The van der Waals surface area contributed by atoms with Crippen molar-refractivity contribution in [2.75, 3.05) is 18.1 Å². The quantitative estimate of drug-likeness (QED) is 0.778. The van der Waals surface area contributed by atoms with Crippen LogP contribution in [0.4, 0.5) is 0 Å². The largest absolute Gasteiger partial charge is 0.360 e. The third-order valence-corrected chi connectivity index (χ3v) is 6.02. The molecule has 2 saturated heterocycles. The summed E-state index contributed by atoms with van der Waals surface area (Å²) in [4.78, 5) is 0. The summed E-state index contributed by atoms with van der Waals surface area (Å²) in [6, 6.07) is 0.674. The lowest BCUT2D eigenvalue weighted by atomic mass is 9.60. The Labute approximate surface area is 109 Å². The molecule has 1 atom stereocenters. The van der Waals surface area contributed by atoms with Crippen LogP contribution in [0.3, 0.4) is 0 Å². The topological polar surface area (TPSA) is 21.3 Å². The summed E-state index contributed by atoms with van der Waals surface area (Å²) in [6.07, 6.45) is 6.52. The van der Waals surface area contributed by atoms with Gasteiger partial charge in [0.05, 0.1) is 6.61 Å². The molecular formula is C14H25NOS. The lowest BCUT2D eigenvalue weighted by molar-refractivity contribution is -0.198. The highest BCUT2D eigenvalue weighted by molar-refractivity contribution is 7.99. The van der Waals surface area contributed by atoms with Gasteiger partial charge in [-0.1, -0.05) is 20.3 Å². The minimum atomic E-state index is 0.0288. The van der Waals surface area contributed by atoms with Gasteiger partial charge < -0.3 is 4.74 Å². The van der Waals surface area contributed by atoms with Gasteiger partial charge in [-0.3, -0.25) is 5.32 Å². The van der Waals surface area contributed by atoms with Gasteiger partial charge in [0, 0.05) is 11.5 Å². The summed E-state index contributed by atoms with van der Waals surface area (Å²) in [5.74, 6) is 3.24. The first-order valence-corrected chi connectivity index (χ1v) is 8.31. The first-order valence-electron chi connectivity index (χ1n) is 7.15. The van der Waals surface area contributed by atoms with E-state index in [0.29, 0.717) is 11.5 Å². The Morgan fingerprint density at radius 3 is 2.41 bits per heavy atom. The summed E-state index contributed by atoms with van der Waals surface area (Å²) in [5.41, 5.74) is 0.505. The van der Waals surface area contributed by atoms with E-state index in [2.05, 4.69) is 30.9 Å². The molecule has 0 bridgehead atoms. The van der Waals surface area contributed by atoms with Crippen LogP contribution < -0.4 is 5.32 Å². The second-order valence-corrected chi connectivity index (χ2v) is 7.70. The average Bonchev–Trinajstić information content (AvgIpc) is 2.28. The Morgan fingerprint density at radius 1 is 1.18 bits per heavy atom. The zero-order chi connectivity index (χ0) is 11.9. The van der Waals surface area contributed by atoms with Crippen LogP contribution in [0.2, 0.25) is 0 Å². The minimum Gasteiger partial charge on any atom is -0.360 e. The highest BCUT2D eigenvalue weighted by Crippen LogP contribution is 2.50. The standard InChI is InChI=1S/C14H25NOS/c1-11(2)12-13(4-3-5-13)10-16-14(15-12)6-8-17-9-7-14/h11-12,15H,3-10H2,1-2H3. The number of thioether (sulfide) groups is 1. The number of nitrogens with one attached hydrogen (secondary N) is 1. The van der Waals surface area contributed by atoms with Crippen LogP contribution in [-0.2, 0) is 4.74 Å². The van der Waals surface area contributed by atoms with Crippen molar-refractivity contribution in [3.8, 4) is 0 Å². The Kier molecular flexibility index (Phi) is 3.21. The fourth-order valence-corrected chi connectivity index (χ4v) is 4.95. The maximum Gasteiger partial charge on any atom is 0.121 e. The van der Waals surface area contributed by atoms with Crippen molar-refractivity contribution in [3.05, 3.63) is 0 Å². The van der Waals surface area contributed by atoms with E-state index in [4.69, 9.17) is 4.74 Å². The number of rotatable bonds is 1. The van der Waals surface area contributed by atoms with E-state index in [9.17, 15) is 0 Å². The van der Waals surface area contributed by atoms with Gasteiger partial charge in [-0.25, -0.2) is 0 Å². The summed E-state index contributed by atoms with van der Waals surface area (Å²) in [5, 5.41) is 3.93. The SMILES string of the molecule is CC(C)C1NC2(CCSCC2)OCC12CCC2. The Bertz CT molecular complexity index is 282. The summed E-state index contributed by atoms with van der Waals surface area (Å²) >= 11 is 2.07. The molecule has 0 radical (unpaired) electrons. The third-order valence-electron chi connectivity index (χ3n) is 5.03. The Morgan fingerprint density at radius 2 is 1.88 bits per heavy atom. The number of hydrogen-bond donors (Lipinski definition) is 1. The molecule has 3 aliphatic rings. The molecule has 0 aromatic rings. The van der Waals surface area contributed by atoms with Gasteiger partial charge in [-0.05, 0) is 43.1 Å². The first kappa shape index (κ1) is 12.3. The second-order valence-electron chi connectivity index (χ2n) is 6.48. The summed E-state index contributed by atoms with van der Waals surface area (Å²) in [6.45, 7) is 5.75. The molecule has 1 unspecified atom stereocenters. The molecule has 3 rings (SSSR count). The van der Waals surface area contributed by atoms with Gasteiger partial charge in [0.2, 0.25) is 0 Å². The van der Waals surface area contributed by atoms with E-state index < -0.39 is 0 Å². The van der Waals surface area contributed by atoms with Crippen molar-refractivity contribution < 1.29 is 4.74 Å². The van der Waals surface area contributed by atoms with E-state index >= 15 is 0 Å². The van der Waals surface area contributed by atoms with Gasteiger partial charge >= 0.3 is 0 Å². The molecule has 2 aliphatic heterocycles. The van der Waals surface area contributed by atoms with Gasteiger partial charge in [0.1, 0.15) is 5.72 Å². The van der Waals surface area contributed by atoms with E-state index in [0.717, 1.165) is 12.5 Å². The second kappa shape index (κ2) is 4.43. The van der Waals surface area contributed by atoms with Crippen molar-refractivity contribution in [1.29, 1.82) is 0 Å². The number of ether oxygens (including phenoxy) is 1. The Hall–Kier alpha value is 0.270. The van der Waals surface area contributed by atoms with Crippen LogP contribution in [0, 0.1) is 11.3 Å². The van der Waals surface area contributed by atoms with Crippen LogP contribution in [0.5, 0.6) is 0 Å². The first-order chi connectivity index (χ1) is 8.16. The molecular weight excluding hydrogens is 230 g/mol.